The molecule has 1 heterocycles. The summed E-state index contributed by atoms with van der Waals surface area (Å²) >= 11 is 6.14. The van der Waals surface area contributed by atoms with E-state index in [1.54, 1.807) is 50.2 Å². The van der Waals surface area contributed by atoms with E-state index in [-0.39, 0.29) is 12.6 Å². The van der Waals surface area contributed by atoms with Gasteiger partial charge in [-0.25, -0.2) is 4.79 Å². The van der Waals surface area contributed by atoms with Gasteiger partial charge in [0.05, 0.1) is 6.04 Å². The van der Waals surface area contributed by atoms with E-state index >= 15 is 0 Å². The molecule has 3 rings (SSSR count). The molecule has 0 saturated carbocycles. The second-order valence-corrected chi connectivity index (χ2v) is 7.03. The van der Waals surface area contributed by atoms with Crippen molar-refractivity contribution in [3.05, 3.63) is 70.7 Å². The summed E-state index contributed by atoms with van der Waals surface area (Å²) in [5.74, 6) is -0.900. The van der Waals surface area contributed by atoms with Crippen molar-refractivity contribution in [2.45, 2.75) is 25.4 Å². The lowest BCUT2D eigenvalue weighted by molar-refractivity contribution is -0.135. The molecule has 140 valence electrons. The number of hydrogen-bond donors (Lipinski definition) is 2. The van der Waals surface area contributed by atoms with E-state index in [0.29, 0.717) is 10.6 Å². The predicted octanol–water partition coefficient (Wildman–Crippen LogP) is 2.98. The van der Waals surface area contributed by atoms with Crippen molar-refractivity contribution >= 4 is 29.4 Å². The number of carbonyl (C=O) groups excluding carboxylic acids is 3. The Balaban J connectivity index is 1.70. The maximum Gasteiger partial charge on any atom is 0.325 e. The van der Waals surface area contributed by atoms with Crippen LogP contribution in [0.3, 0.4) is 0 Å². The minimum atomic E-state index is -1.19. The number of amides is 4. The standard InChI is InChI=1S/C20H20ClN3O3/c1-13(15-10-6-7-11-16(15)21)22-17(25)12-24-18(26)20(2,23-19(24)27)14-8-4-3-5-9-14/h3-11,13H,12H2,1-2H3,(H,22,25)(H,23,27)/t13-,20+/m0/s1. The van der Waals surface area contributed by atoms with Crippen LogP contribution in [0.25, 0.3) is 0 Å². The molecule has 2 atom stereocenters. The second kappa shape index (κ2) is 7.40. The zero-order chi connectivity index (χ0) is 19.6. The molecule has 1 aliphatic rings. The molecule has 4 amide bonds. The highest BCUT2D eigenvalue weighted by Gasteiger charge is 2.49. The summed E-state index contributed by atoms with van der Waals surface area (Å²) < 4.78 is 0. The highest BCUT2D eigenvalue weighted by Crippen LogP contribution is 2.28. The Morgan fingerprint density at radius 1 is 1.15 bits per heavy atom. The highest BCUT2D eigenvalue weighted by atomic mass is 35.5. The van der Waals surface area contributed by atoms with Gasteiger partial charge in [-0.1, -0.05) is 60.1 Å². The van der Waals surface area contributed by atoms with Crippen LogP contribution in [0.4, 0.5) is 4.79 Å². The number of imide groups is 1. The van der Waals surface area contributed by atoms with Gasteiger partial charge in [0.15, 0.2) is 0 Å². The molecule has 27 heavy (non-hydrogen) atoms. The van der Waals surface area contributed by atoms with E-state index in [4.69, 9.17) is 11.6 Å². The molecular weight excluding hydrogens is 366 g/mol. The van der Waals surface area contributed by atoms with Crippen molar-refractivity contribution in [1.82, 2.24) is 15.5 Å². The number of benzene rings is 2. The fraction of sp³-hybridized carbons (Fsp3) is 0.250. The van der Waals surface area contributed by atoms with Gasteiger partial charge in [-0.2, -0.15) is 0 Å². The lowest BCUT2D eigenvalue weighted by atomic mass is 9.92. The fourth-order valence-electron chi connectivity index (χ4n) is 3.14. The summed E-state index contributed by atoms with van der Waals surface area (Å²) in [6.07, 6.45) is 0. The van der Waals surface area contributed by atoms with Crippen LogP contribution in [0.2, 0.25) is 5.02 Å². The molecule has 1 saturated heterocycles. The van der Waals surface area contributed by atoms with E-state index < -0.39 is 23.4 Å². The summed E-state index contributed by atoms with van der Waals surface area (Å²) in [6, 6.07) is 15.2. The smallest absolute Gasteiger partial charge is 0.325 e. The first-order chi connectivity index (χ1) is 12.8. The number of urea groups is 1. The summed E-state index contributed by atoms with van der Waals surface area (Å²) in [4.78, 5) is 38.5. The normalized spacial score (nSPS) is 20.3. The first-order valence-corrected chi connectivity index (χ1v) is 8.94. The van der Waals surface area contributed by atoms with Gasteiger partial charge < -0.3 is 10.6 Å². The molecule has 0 unspecified atom stereocenters. The van der Waals surface area contributed by atoms with Crippen molar-refractivity contribution in [3.63, 3.8) is 0 Å². The van der Waals surface area contributed by atoms with Gasteiger partial charge in [0.1, 0.15) is 12.1 Å². The topological polar surface area (TPSA) is 78.5 Å². The lowest BCUT2D eigenvalue weighted by Crippen LogP contribution is -2.43. The highest BCUT2D eigenvalue weighted by molar-refractivity contribution is 6.31. The van der Waals surface area contributed by atoms with Gasteiger partial charge in [-0.3, -0.25) is 14.5 Å². The van der Waals surface area contributed by atoms with Gasteiger partial charge in [-0.05, 0) is 31.0 Å². The molecule has 7 heteroatoms. The number of hydrogen-bond acceptors (Lipinski definition) is 3. The van der Waals surface area contributed by atoms with Crippen LogP contribution in [-0.4, -0.2) is 29.3 Å². The predicted molar refractivity (Wildman–Crippen MR) is 102 cm³/mol. The average molecular weight is 386 g/mol. The average Bonchev–Trinajstić information content (AvgIpc) is 2.87. The molecule has 0 bridgehead atoms. The SMILES string of the molecule is C[C@H](NC(=O)CN1C(=O)N[C@](C)(c2ccccc2)C1=O)c1ccccc1Cl. The Morgan fingerprint density at radius 3 is 2.44 bits per heavy atom. The summed E-state index contributed by atoms with van der Waals surface area (Å²) in [5.41, 5.74) is 0.238. The largest absolute Gasteiger partial charge is 0.348 e. The van der Waals surface area contributed by atoms with Crippen molar-refractivity contribution in [2.24, 2.45) is 0 Å². The van der Waals surface area contributed by atoms with Crippen LogP contribution in [0.1, 0.15) is 31.0 Å². The van der Waals surface area contributed by atoms with Crippen molar-refractivity contribution < 1.29 is 14.4 Å². The monoisotopic (exact) mass is 385 g/mol. The first-order valence-electron chi connectivity index (χ1n) is 8.56. The molecule has 2 aromatic rings. The van der Waals surface area contributed by atoms with Crippen LogP contribution < -0.4 is 10.6 Å². The minimum absolute atomic E-state index is 0.354. The van der Waals surface area contributed by atoms with Gasteiger partial charge in [0, 0.05) is 5.02 Å². The molecule has 0 aromatic heterocycles. The zero-order valence-electron chi connectivity index (χ0n) is 15.0. The summed E-state index contributed by atoms with van der Waals surface area (Å²) in [6.45, 7) is 3.06. The van der Waals surface area contributed by atoms with Crippen LogP contribution in [0, 0.1) is 0 Å². The van der Waals surface area contributed by atoms with Crippen LogP contribution >= 0.6 is 11.6 Å². The number of nitrogens with one attached hydrogen (secondary N) is 2. The third-order valence-electron chi connectivity index (χ3n) is 4.68. The van der Waals surface area contributed by atoms with Gasteiger partial charge >= 0.3 is 6.03 Å². The van der Waals surface area contributed by atoms with E-state index in [9.17, 15) is 14.4 Å². The molecule has 0 radical (unpaired) electrons. The maximum atomic E-state index is 12.8. The molecule has 2 N–H and O–H groups in total. The molecule has 1 aliphatic heterocycles. The van der Waals surface area contributed by atoms with E-state index in [1.807, 2.05) is 18.2 Å². The second-order valence-electron chi connectivity index (χ2n) is 6.62. The van der Waals surface area contributed by atoms with Crippen molar-refractivity contribution in [2.75, 3.05) is 6.54 Å². The fourth-order valence-corrected chi connectivity index (χ4v) is 3.44. The van der Waals surface area contributed by atoms with Crippen molar-refractivity contribution in [1.29, 1.82) is 0 Å². The van der Waals surface area contributed by atoms with E-state index in [0.717, 1.165) is 10.5 Å². The first kappa shape index (κ1) is 18.9. The quantitative estimate of drug-likeness (QED) is 0.776. The number of nitrogens with zero attached hydrogens (tertiary/aromatic N) is 1. The molecule has 1 fully saturated rings. The van der Waals surface area contributed by atoms with Crippen molar-refractivity contribution in [3.8, 4) is 0 Å². The van der Waals surface area contributed by atoms with Crippen LogP contribution in [0.5, 0.6) is 0 Å². The summed E-state index contributed by atoms with van der Waals surface area (Å²) in [5, 5.41) is 6.00. The van der Waals surface area contributed by atoms with Gasteiger partial charge in [0.25, 0.3) is 5.91 Å². The third-order valence-corrected chi connectivity index (χ3v) is 5.02. The Hall–Kier alpha value is -2.86. The Morgan fingerprint density at radius 2 is 1.78 bits per heavy atom. The zero-order valence-corrected chi connectivity index (χ0v) is 15.8. The van der Waals surface area contributed by atoms with Gasteiger partial charge in [0.2, 0.25) is 5.91 Å². The Labute approximate surface area is 162 Å². The molecule has 2 aromatic carbocycles. The minimum Gasteiger partial charge on any atom is -0.348 e. The Bertz CT molecular complexity index is 887. The van der Waals surface area contributed by atoms with Crippen LogP contribution in [-0.2, 0) is 15.1 Å². The summed E-state index contributed by atoms with van der Waals surface area (Å²) in [7, 11) is 0. The molecule has 6 nitrogen and oxygen atoms in total. The lowest BCUT2D eigenvalue weighted by Gasteiger charge is -2.22. The number of rotatable bonds is 5. The molecule has 0 spiro atoms. The van der Waals surface area contributed by atoms with Crippen LogP contribution in [0.15, 0.2) is 54.6 Å². The number of halogens is 1. The van der Waals surface area contributed by atoms with Gasteiger partial charge in [-0.15, -0.1) is 0 Å². The maximum absolute atomic E-state index is 12.8. The Kier molecular flexibility index (Phi) is 5.19. The van der Waals surface area contributed by atoms with E-state index in [1.165, 1.54) is 0 Å². The third kappa shape index (κ3) is 3.66. The number of carbonyl (C=O) groups is 3. The molecular formula is C20H20ClN3O3. The molecule has 0 aliphatic carbocycles. The van der Waals surface area contributed by atoms with E-state index in [2.05, 4.69) is 10.6 Å².